The summed E-state index contributed by atoms with van der Waals surface area (Å²) in [6.45, 7) is 3.80. The molecule has 0 aromatic rings. The molecule has 0 aromatic heterocycles. The Bertz CT molecular complexity index is 256. The minimum Gasteiger partial charge on any atom is -0.481 e. The van der Waals surface area contributed by atoms with Crippen LogP contribution in [0.15, 0.2) is 11.6 Å². The third kappa shape index (κ3) is 2.00. The molecule has 13 heavy (non-hydrogen) atoms. The summed E-state index contributed by atoms with van der Waals surface area (Å²) in [5.74, 6) is -1.05. The molecule has 0 saturated heterocycles. The van der Waals surface area contributed by atoms with Gasteiger partial charge in [-0.2, -0.15) is 0 Å². The van der Waals surface area contributed by atoms with Gasteiger partial charge in [-0.3, -0.25) is 4.79 Å². The Labute approximate surface area is 87.5 Å². The summed E-state index contributed by atoms with van der Waals surface area (Å²) in [6, 6.07) is 0. The Hall–Kier alpha value is -0.210. The Kier molecular flexibility index (Phi) is 2.93. The molecule has 1 aliphatic carbocycles. The lowest BCUT2D eigenvalue weighted by Gasteiger charge is -2.45. The van der Waals surface area contributed by atoms with E-state index >= 15 is 0 Å². The SMILES string of the molecule is CC1(C)C(=CC(Cl)Cl)C[C@H]1C(=O)O. The number of alkyl halides is 2. The zero-order valence-corrected chi connectivity index (χ0v) is 9.06. The van der Waals surface area contributed by atoms with E-state index in [0.29, 0.717) is 6.42 Å². The van der Waals surface area contributed by atoms with E-state index in [1.807, 2.05) is 13.8 Å². The average molecular weight is 223 g/mol. The molecule has 0 bridgehead atoms. The van der Waals surface area contributed by atoms with Gasteiger partial charge in [-0.1, -0.05) is 25.5 Å². The van der Waals surface area contributed by atoms with E-state index in [2.05, 4.69) is 0 Å². The van der Waals surface area contributed by atoms with Crippen LogP contribution in [-0.4, -0.2) is 15.9 Å². The van der Waals surface area contributed by atoms with Gasteiger partial charge in [0.05, 0.1) is 5.92 Å². The van der Waals surface area contributed by atoms with E-state index in [4.69, 9.17) is 28.3 Å². The monoisotopic (exact) mass is 222 g/mol. The maximum Gasteiger partial charge on any atom is 0.307 e. The predicted octanol–water partition coefficient (Wildman–Crippen LogP) is 2.85. The van der Waals surface area contributed by atoms with Crippen LogP contribution in [0.5, 0.6) is 0 Å². The van der Waals surface area contributed by atoms with Gasteiger partial charge >= 0.3 is 5.97 Å². The van der Waals surface area contributed by atoms with Crippen LogP contribution in [-0.2, 0) is 4.79 Å². The van der Waals surface area contributed by atoms with E-state index in [0.717, 1.165) is 5.57 Å². The number of aliphatic carboxylic acids is 1. The predicted molar refractivity (Wildman–Crippen MR) is 53.1 cm³/mol. The molecule has 1 N–H and O–H groups in total. The molecule has 1 fully saturated rings. The van der Waals surface area contributed by atoms with E-state index < -0.39 is 10.8 Å². The summed E-state index contributed by atoms with van der Waals surface area (Å²) in [7, 11) is 0. The van der Waals surface area contributed by atoms with Gasteiger partial charge in [-0.15, -0.1) is 23.2 Å². The second-order valence-corrected chi connectivity index (χ2v) is 5.01. The lowest BCUT2D eigenvalue weighted by molar-refractivity contribution is -0.148. The van der Waals surface area contributed by atoms with Gasteiger partial charge in [0, 0.05) is 0 Å². The van der Waals surface area contributed by atoms with Crippen molar-refractivity contribution in [2.75, 3.05) is 0 Å². The number of carbonyl (C=O) groups is 1. The zero-order valence-electron chi connectivity index (χ0n) is 7.55. The molecule has 4 heteroatoms. The maximum atomic E-state index is 10.7. The normalized spacial score (nSPS) is 29.0. The molecule has 74 valence electrons. The van der Waals surface area contributed by atoms with Crippen molar-refractivity contribution in [1.29, 1.82) is 0 Å². The highest BCUT2D eigenvalue weighted by Crippen LogP contribution is 2.51. The van der Waals surface area contributed by atoms with Crippen molar-refractivity contribution in [3.63, 3.8) is 0 Å². The van der Waals surface area contributed by atoms with Crippen molar-refractivity contribution in [1.82, 2.24) is 0 Å². The molecule has 1 saturated carbocycles. The Morgan fingerprint density at radius 2 is 2.23 bits per heavy atom. The molecule has 0 heterocycles. The molecular formula is C9H12Cl2O2. The lowest BCUT2D eigenvalue weighted by atomic mass is 9.58. The van der Waals surface area contributed by atoms with Gasteiger partial charge in [-0.25, -0.2) is 0 Å². The van der Waals surface area contributed by atoms with Crippen LogP contribution in [0.1, 0.15) is 20.3 Å². The fraction of sp³-hybridized carbons (Fsp3) is 0.667. The molecule has 0 aliphatic heterocycles. The highest BCUT2D eigenvalue weighted by atomic mass is 35.5. The minimum atomic E-state index is -0.747. The van der Waals surface area contributed by atoms with Crippen molar-refractivity contribution in [3.8, 4) is 0 Å². The summed E-state index contributed by atoms with van der Waals surface area (Å²) in [5, 5.41) is 8.83. The number of carboxylic acids is 1. The zero-order chi connectivity index (χ0) is 10.2. The summed E-state index contributed by atoms with van der Waals surface area (Å²) in [4.78, 5) is 10.2. The van der Waals surface area contributed by atoms with Gasteiger partial charge in [0.15, 0.2) is 0 Å². The van der Waals surface area contributed by atoms with Gasteiger partial charge in [0.25, 0.3) is 0 Å². The first-order valence-electron chi connectivity index (χ1n) is 4.08. The van der Waals surface area contributed by atoms with Crippen molar-refractivity contribution < 1.29 is 9.90 Å². The number of carboxylic acid groups (broad SMARTS) is 1. The van der Waals surface area contributed by atoms with Crippen molar-refractivity contribution in [2.24, 2.45) is 11.3 Å². The van der Waals surface area contributed by atoms with Gasteiger partial charge in [0.1, 0.15) is 4.84 Å². The van der Waals surface area contributed by atoms with Gasteiger partial charge in [0.2, 0.25) is 0 Å². The first kappa shape index (κ1) is 10.9. The van der Waals surface area contributed by atoms with Crippen LogP contribution in [0, 0.1) is 11.3 Å². The van der Waals surface area contributed by atoms with Gasteiger partial charge < -0.3 is 5.11 Å². The second kappa shape index (κ2) is 3.50. The molecule has 1 rings (SSSR count). The number of halogens is 2. The summed E-state index contributed by atoms with van der Waals surface area (Å²) in [6.07, 6.45) is 2.29. The molecule has 0 spiro atoms. The highest BCUT2D eigenvalue weighted by Gasteiger charge is 2.47. The van der Waals surface area contributed by atoms with Crippen LogP contribution in [0.3, 0.4) is 0 Å². The van der Waals surface area contributed by atoms with E-state index in [1.165, 1.54) is 0 Å². The summed E-state index contributed by atoms with van der Waals surface area (Å²) < 4.78 is 0. The van der Waals surface area contributed by atoms with E-state index in [1.54, 1.807) is 6.08 Å². The molecular weight excluding hydrogens is 211 g/mol. The minimum absolute atomic E-state index is 0.298. The molecule has 0 radical (unpaired) electrons. The number of allylic oxidation sites excluding steroid dienone is 2. The van der Waals surface area contributed by atoms with Crippen LogP contribution in [0.4, 0.5) is 0 Å². The summed E-state index contributed by atoms with van der Waals surface area (Å²) in [5.41, 5.74) is 0.739. The first-order chi connectivity index (χ1) is 5.85. The standard InChI is InChI=1S/C9H12Cl2O2/c1-9(2)5(4-7(10)11)3-6(9)8(12)13/h4,6-7H,3H2,1-2H3,(H,12,13)/t6-/m0/s1. The topological polar surface area (TPSA) is 37.3 Å². The van der Waals surface area contributed by atoms with E-state index in [-0.39, 0.29) is 11.3 Å². The maximum absolute atomic E-state index is 10.7. The van der Waals surface area contributed by atoms with Crippen LogP contribution in [0.25, 0.3) is 0 Å². The Balaban J connectivity index is 2.75. The first-order valence-corrected chi connectivity index (χ1v) is 4.95. The van der Waals surface area contributed by atoms with Crippen molar-refractivity contribution in [3.05, 3.63) is 11.6 Å². The molecule has 1 aliphatic rings. The lowest BCUT2D eigenvalue weighted by Crippen LogP contribution is -2.42. The third-order valence-corrected chi connectivity index (χ3v) is 3.00. The smallest absolute Gasteiger partial charge is 0.307 e. The Morgan fingerprint density at radius 1 is 1.69 bits per heavy atom. The quantitative estimate of drug-likeness (QED) is 0.577. The van der Waals surface area contributed by atoms with Crippen LogP contribution in [0.2, 0.25) is 0 Å². The largest absolute Gasteiger partial charge is 0.481 e. The van der Waals surface area contributed by atoms with Crippen molar-refractivity contribution in [2.45, 2.75) is 25.1 Å². The molecule has 0 amide bonds. The van der Waals surface area contributed by atoms with E-state index in [9.17, 15) is 4.79 Å². The molecule has 1 atom stereocenters. The molecule has 2 nitrogen and oxygen atoms in total. The average Bonchev–Trinajstić information content (AvgIpc) is 1.96. The molecule has 0 unspecified atom stereocenters. The highest BCUT2D eigenvalue weighted by molar-refractivity contribution is 6.45. The van der Waals surface area contributed by atoms with Crippen LogP contribution >= 0.6 is 23.2 Å². The summed E-state index contributed by atoms with van der Waals surface area (Å²) >= 11 is 11.2. The second-order valence-electron chi connectivity index (χ2n) is 3.84. The number of hydrogen-bond acceptors (Lipinski definition) is 1. The third-order valence-electron chi connectivity index (χ3n) is 2.75. The Morgan fingerprint density at radius 3 is 2.54 bits per heavy atom. The molecule has 0 aromatic carbocycles. The fourth-order valence-corrected chi connectivity index (χ4v) is 1.97. The van der Waals surface area contributed by atoms with Gasteiger partial charge in [-0.05, 0) is 11.8 Å². The number of rotatable bonds is 2. The number of hydrogen-bond donors (Lipinski definition) is 1. The van der Waals surface area contributed by atoms with Crippen LogP contribution < -0.4 is 0 Å². The fourth-order valence-electron chi connectivity index (χ4n) is 1.66. The van der Waals surface area contributed by atoms with Crippen molar-refractivity contribution >= 4 is 29.2 Å².